The van der Waals surface area contributed by atoms with Crippen LogP contribution in [-0.2, 0) is 0 Å². The minimum Gasteiger partial charge on any atom is -0.494 e. The molecule has 0 aliphatic carbocycles. The molecular formula is C12H10N2O4. The van der Waals surface area contributed by atoms with Gasteiger partial charge >= 0.3 is 5.97 Å². The van der Waals surface area contributed by atoms with Gasteiger partial charge in [0.2, 0.25) is 5.69 Å². The smallest absolute Gasteiger partial charge is 0.360 e. The fourth-order valence-electron chi connectivity index (χ4n) is 1.50. The summed E-state index contributed by atoms with van der Waals surface area (Å²) in [5.41, 5.74) is -0.267. The number of hydrogen-bond donors (Lipinski definition) is 1. The number of benzene rings is 1. The largest absolute Gasteiger partial charge is 0.494 e. The van der Waals surface area contributed by atoms with E-state index in [9.17, 15) is 9.59 Å². The van der Waals surface area contributed by atoms with Crippen LogP contribution in [0.2, 0.25) is 0 Å². The van der Waals surface area contributed by atoms with Crippen LogP contribution in [0.25, 0.3) is 5.69 Å². The number of methoxy groups -OCH3 is 1. The molecule has 0 unspecified atom stereocenters. The SMILES string of the molecule is COc1cc(=O)n(-c2ccccc2)nc1C(=O)O. The standard InChI is InChI=1S/C12H10N2O4/c1-18-9-7-10(15)14(13-11(9)12(16)17)8-5-3-2-4-6-8/h2-7H,1H3,(H,16,17). The maximum atomic E-state index is 11.8. The predicted molar refractivity (Wildman–Crippen MR) is 63.3 cm³/mol. The van der Waals surface area contributed by atoms with E-state index in [1.807, 2.05) is 0 Å². The summed E-state index contributed by atoms with van der Waals surface area (Å²) in [5, 5.41) is 12.8. The van der Waals surface area contributed by atoms with Crippen LogP contribution in [0.15, 0.2) is 41.2 Å². The summed E-state index contributed by atoms with van der Waals surface area (Å²) >= 11 is 0. The molecular weight excluding hydrogens is 236 g/mol. The summed E-state index contributed by atoms with van der Waals surface area (Å²) in [5.74, 6) is -1.31. The number of ether oxygens (including phenoxy) is 1. The zero-order valence-corrected chi connectivity index (χ0v) is 9.53. The minimum absolute atomic E-state index is 0.0559. The molecule has 0 saturated carbocycles. The van der Waals surface area contributed by atoms with Crippen LogP contribution in [0.1, 0.15) is 10.5 Å². The van der Waals surface area contributed by atoms with Crippen molar-refractivity contribution in [2.45, 2.75) is 0 Å². The molecule has 18 heavy (non-hydrogen) atoms. The summed E-state index contributed by atoms with van der Waals surface area (Å²) in [6.07, 6.45) is 0. The van der Waals surface area contributed by atoms with E-state index in [2.05, 4.69) is 5.10 Å². The molecule has 0 aliphatic heterocycles. The molecule has 0 saturated heterocycles. The number of hydrogen-bond acceptors (Lipinski definition) is 4. The fourth-order valence-corrected chi connectivity index (χ4v) is 1.50. The van der Waals surface area contributed by atoms with Crippen LogP contribution in [0, 0.1) is 0 Å². The van der Waals surface area contributed by atoms with E-state index in [1.165, 1.54) is 7.11 Å². The maximum absolute atomic E-state index is 11.8. The molecule has 0 fully saturated rings. The van der Waals surface area contributed by atoms with Crippen LogP contribution >= 0.6 is 0 Å². The highest BCUT2D eigenvalue weighted by Crippen LogP contribution is 2.13. The maximum Gasteiger partial charge on any atom is 0.360 e. The first-order valence-corrected chi connectivity index (χ1v) is 5.10. The number of nitrogens with zero attached hydrogens (tertiary/aromatic N) is 2. The highest BCUT2D eigenvalue weighted by Gasteiger charge is 2.16. The molecule has 2 aromatic rings. The summed E-state index contributed by atoms with van der Waals surface area (Å²) < 4.78 is 5.84. The number of aromatic nitrogens is 2. The lowest BCUT2D eigenvalue weighted by Gasteiger charge is -2.08. The summed E-state index contributed by atoms with van der Waals surface area (Å²) in [6, 6.07) is 9.67. The van der Waals surface area contributed by atoms with Crippen molar-refractivity contribution in [1.82, 2.24) is 9.78 Å². The molecule has 6 nitrogen and oxygen atoms in total. The van der Waals surface area contributed by atoms with Crippen LogP contribution in [-0.4, -0.2) is 28.0 Å². The second kappa shape index (κ2) is 4.70. The summed E-state index contributed by atoms with van der Waals surface area (Å²) in [6.45, 7) is 0. The molecule has 0 atom stereocenters. The molecule has 92 valence electrons. The Kier molecular flexibility index (Phi) is 3.09. The molecule has 1 aromatic heterocycles. The van der Waals surface area contributed by atoms with Crippen molar-refractivity contribution in [3.8, 4) is 11.4 Å². The number of carbonyl (C=O) groups is 1. The average Bonchev–Trinajstić information content (AvgIpc) is 2.39. The number of carboxylic acid groups (broad SMARTS) is 1. The Hall–Kier alpha value is -2.63. The first kappa shape index (κ1) is 11.8. The third-order valence-electron chi connectivity index (χ3n) is 2.32. The topological polar surface area (TPSA) is 81.4 Å². The molecule has 1 heterocycles. The van der Waals surface area contributed by atoms with E-state index in [1.54, 1.807) is 30.3 Å². The van der Waals surface area contributed by atoms with Gasteiger partial charge in [0.1, 0.15) is 0 Å². The number of para-hydroxylation sites is 1. The van der Waals surface area contributed by atoms with Gasteiger partial charge in [-0.05, 0) is 12.1 Å². The van der Waals surface area contributed by atoms with E-state index in [-0.39, 0.29) is 11.4 Å². The molecule has 1 N–H and O–H groups in total. The lowest BCUT2D eigenvalue weighted by Crippen LogP contribution is -2.23. The van der Waals surface area contributed by atoms with E-state index >= 15 is 0 Å². The number of aromatic carboxylic acids is 1. The van der Waals surface area contributed by atoms with E-state index in [4.69, 9.17) is 9.84 Å². The molecule has 0 bridgehead atoms. The number of rotatable bonds is 3. The first-order chi connectivity index (χ1) is 8.63. The van der Waals surface area contributed by atoms with Crippen molar-refractivity contribution >= 4 is 5.97 Å². The van der Waals surface area contributed by atoms with Crippen molar-refractivity contribution in [2.24, 2.45) is 0 Å². The monoisotopic (exact) mass is 246 g/mol. The van der Waals surface area contributed by atoms with Gasteiger partial charge in [0.15, 0.2) is 5.75 Å². The average molecular weight is 246 g/mol. The van der Waals surface area contributed by atoms with Gasteiger partial charge < -0.3 is 9.84 Å². The third-order valence-corrected chi connectivity index (χ3v) is 2.32. The Morgan fingerprint density at radius 2 is 2.00 bits per heavy atom. The molecule has 1 aromatic carbocycles. The zero-order chi connectivity index (χ0) is 13.1. The van der Waals surface area contributed by atoms with Crippen LogP contribution in [0.5, 0.6) is 5.75 Å². The van der Waals surface area contributed by atoms with Gasteiger partial charge in [-0.1, -0.05) is 18.2 Å². The first-order valence-electron chi connectivity index (χ1n) is 5.10. The quantitative estimate of drug-likeness (QED) is 0.871. The van der Waals surface area contributed by atoms with Crippen molar-refractivity contribution in [3.63, 3.8) is 0 Å². The van der Waals surface area contributed by atoms with Crippen LogP contribution in [0.4, 0.5) is 0 Å². The third kappa shape index (κ3) is 2.08. The van der Waals surface area contributed by atoms with Gasteiger partial charge in [0.05, 0.1) is 18.9 Å². The molecule has 2 rings (SSSR count). The highest BCUT2D eigenvalue weighted by atomic mass is 16.5. The second-order valence-corrected chi connectivity index (χ2v) is 3.45. The predicted octanol–water partition coefficient (Wildman–Crippen LogP) is 0.939. The Bertz CT molecular complexity index is 634. The van der Waals surface area contributed by atoms with E-state index < -0.39 is 11.5 Å². The van der Waals surface area contributed by atoms with Gasteiger partial charge in [-0.25, -0.2) is 4.79 Å². The molecule has 0 amide bonds. The van der Waals surface area contributed by atoms with Gasteiger partial charge in [-0.15, -0.1) is 0 Å². The Balaban J connectivity index is 2.67. The van der Waals surface area contributed by atoms with E-state index in [0.29, 0.717) is 5.69 Å². The minimum atomic E-state index is -1.25. The normalized spacial score (nSPS) is 10.1. The van der Waals surface area contributed by atoms with Gasteiger partial charge in [-0.3, -0.25) is 4.79 Å². The lowest BCUT2D eigenvalue weighted by atomic mass is 10.3. The highest BCUT2D eigenvalue weighted by molar-refractivity contribution is 5.88. The fraction of sp³-hybridized carbons (Fsp3) is 0.0833. The number of carboxylic acids is 1. The zero-order valence-electron chi connectivity index (χ0n) is 9.53. The lowest BCUT2D eigenvalue weighted by molar-refractivity contribution is 0.0684. The van der Waals surface area contributed by atoms with E-state index in [0.717, 1.165) is 10.7 Å². The van der Waals surface area contributed by atoms with Crippen LogP contribution < -0.4 is 10.3 Å². The molecule has 0 radical (unpaired) electrons. The van der Waals surface area contributed by atoms with Crippen molar-refractivity contribution in [1.29, 1.82) is 0 Å². The van der Waals surface area contributed by atoms with Crippen LogP contribution in [0.3, 0.4) is 0 Å². The van der Waals surface area contributed by atoms with Crippen molar-refractivity contribution in [2.75, 3.05) is 7.11 Å². The summed E-state index contributed by atoms with van der Waals surface area (Å²) in [4.78, 5) is 22.8. The Morgan fingerprint density at radius 3 is 2.56 bits per heavy atom. The second-order valence-electron chi connectivity index (χ2n) is 3.45. The summed E-state index contributed by atoms with van der Waals surface area (Å²) in [7, 11) is 1.29. The van der Waals surface area contributed by atoms with Gasteiger partial charge in [0, 0.05) is 0 Å². The molecule has 0 aliphatic rings. The van der Waals surface area contributed by atoms with Gasteiger partial charge in [0.25, 0.3) is 5.56 Å². The molecule has 6 heteroatoms. The van der Waals surface area contributed by atoms with Crippen molar-refractivity contribution < 1.29 is 14.6 Å². The Labute approximate surface area is 102 Å². The molecule has 0 spiro atoms. The van der Waals surface area contributed by atoms with Gasteiger partial charge in [-0.2, -0.15) is 9.78 Å². The Morgan fingerprint density at radius 1 is 1.33 bits per heavy atom. The van der Waals surface area contributed by atoms with Crippen molar-refractivity contribution in [3.05, 3.63) is 52.4 Å².